The molecule has 0 heterocycles. The van der Waals surface area contributed by atoms with Gasteiger partial charge in [0.25, 0.3) is 0 Å². The van der Waals surface area contributed by atoms with Crippen molar-refractivity contribution in [1.29, 1.82) is 0 Å². The van der Waals surface area contributed by atoms with E-state index >= 15 is 0 Å². The summed E-state index contributed by atoms with van der Waals surface area (Å²) in [6.07, 6.45) is 0. The predicted molar refractivity (Wildman–Crippen MR) is 39.5 cm³/mol. The molecule has 46 valence electrons. The Morgan fingerprint density at radius 1 is 1.29 bits per heavy atom. The fraction of sp³-hybridized carbons (Fsp3) is 1.00. The van der Waals surface area contributed by atoms with Gasteiger partial charge in [-0.05, 0) is 0 Å². The summed E-state index contributed by atoms with van der Waals surface area (Å²) in [5.74, 6) is 0. The van der Waals surface area contributed by atoms with Crippen LogP contribution in [0, 0.1) is 0 Å². The molecule has 0 aromatic carbocycles. The van der Waals surface area contributed by atoms with Crippen molar-refractivity contribution in [3.8, 4) is 0 Å². The Kier molecular flexibility index (Phi) is 2.22. The molecule has 7 heavy (non-hydrogen) atoms. The molecule has 0 aromatic heterocycles. The zero-order valence-corrected chi connectivity index (χ0v) is 6.65. The van der Waals surface area contributed by atoms with E-state index < -0.39 is 7.41 Å². The van der Waals surface area contributed by atoms with Crippen LogP contribution in [0.5, 0.6) is 0 Å². The topological polar surface area (TPSA) is 26.0 Å². The SMILES string of the molecule is CC(C)[PH](C)(C)N. The second-order valence-electron chi connectivity index (χ2n) is 2.98. The van der Waals surface area contributed by atoms with Crippen molar-refractivity contribution >= 4 is 7.41 Å². The summed E-state index contributed by atoms with van der Waals surface area (Å²) in [4.78, 5) is 0. The molecular weight excluding hydrogens is 105 g/mol. The van der Waals surface area contributed by atoms with Gasteiger partial charge in [-0.1, -0.05) is 0 Å². The Hall–Kier alpha value is 0.390. The number of nitrogens with two attached hydrogens (primary N) is 1. The summed E-state index contributed by atoms with van der Waals surface area (Å²) in [5.41, 5.74) is 6.53. The van der Waals surface area contributed by atoms with Crippen molar-refractivity contribution in [2.75, 3.05) is 13.3 Å². The Balaban J connectivity index is 3.54. The van der Waals surface area contributed by atoms with Crippen LogP contribution in [0.2, 0.25) is 0 Å². The molecule has 0 bridgehead atoms. The molecule has 0 atom stereocenters. The van der Waals surface area contributed by atoms with Crippen LogP contribution in [0.25, 0.3) is 0 Å². The van der Waals surface area contributed by atoms with Crippen molar-refractivity contribution in [1.82, 2.24) is 0 Å². The fourth-order valence-electron chi connectivity index (χ4n) is 0. The van der Waals surface area contributed by atoms with E-state index in [0.29, 0.717) is 5.66 Å². The predicted octanol–water partition coefficient (Wildman–Crippen LogP) is 1.28. The van der Waals surface area contributed by atoms with E-state index in [4.69, 9.17) is 5.50 Å². The zero-order chi connectivity index (χ0) is 6.08. The molecule has 0 amide bonds. The van der Waals surface area contributed by atoms with Crippen molar-refractivity contribution in [3.05, 3.63) is 0 Å². The van der Waals surface area contributed by atoms with Gasteiger partial charge in [-0.2, -0.15) is 0 Å². The second-order valence-corrected chi connectivity index (χ2v) is 7.77. The monoisotopic (exact) mass is 121 g/mol. The molecule has 0 fully saturated rings. The summed E-state index contributed by atoms with van der Waals surface area (Å²) < 4.78 is 0. The van der Waals surface area contributed by atoms with Gasteiger partial charge in [0.05, 0.1) is 0 Å². The number of hydrogen-bond donors (Lipinski definition) is 1. The quantitative estimate of drug-likeness (QED) is 0.519. The maximum atomic E-state index is 5.82. The van der Waals surface area contributed by atoms with Crippen molar-refractivity contribution in [3.63, 3.8) is 0 Å². The summed E-state index contributed by atoms with van der Waals surface area (Å²) in [6, 6.07) is 0. The normalized spacial score (nSPS) is 15.1. The van der Waals surface area contributed by atoms with Crippen LogP contribution in [-0.2, 0) is 0 Å². The first-order valence-corrected chi connectivity index (χ1v) is 5.89. The molecule has 0 aliphatic rings. The van der Waals surface area contributed by atoms with Crippen LogP contribution < -0.4 is 5.50 Å². The number of hydrogen-bond acceptors (Lipinski definition) is 1. The molecule has 0 aliphatic carbocycles. The van der Waals surface area contributed by atoms with E-state index in [2.05, 4.69) is 27.2 Å². The summed E-state index contributed by atoms with van der Waals surface area (Å²) >= 11 is 0. The van der Waals surface area contributed by atoms with Gasteiger partial charge in [0.1, 0.15) is 0 Å². The molecular formula is C5H16NP. The first-order chi connectivity index (χ1) is 2.94. The van der Waals surface area contributed by atoms with Gasteiger partial charge in [-0.3, -0.25) is 0 Å². The molecule has 0 radical (unpaired) electrons. The van der Waals surface area contributed by atoms with Crippen molar-refractivity contribution < 1.29 is 0 Å². The van der Waals surface area contributed by atoms with E-state index in [-0.39, 0.29) is 0 Å². The van der Waals surface area contributed by atoms with Crippen LogP contribution in [0.3, 0.4) is 0 Å². The van der Waals surface area contributed by atoms with Crippen LogP contribution in [0.1, 0.15) is 13.8 Å². The molecule has 0 rings (SSSR count). The minimum atomic E-state index is -1.23. The van der Waals surface area contributed by atoms with Gasteiger partial charge in [0, 0.05) is 0 Å². The fourth-order valence-corrected chi connectivity index (χ4v) is 0. The molecule has 0 saturated heterocycles. The van der Waals surface area contributed by atoms with Gasteiger partial charge >= 0.3 is 45.8 Å². The summed E-state index contributed by atoms with van der Waals surface area (Å²) in [7, 11) is -1.23. The number of rotatable bonds is 1. The zero-order valence-electron chi connectivity index (χ0n) is 5.65. The van der Waals surface area contributed by atoms with Crippen LogP contribution in [-0.4, -0.2) is 19.0 Å². The molecule has 0 saturated carbocycles. The molecule has 2 heteroatoms. The average molecular weight is 121 g/mol. The van der Waals surface area contributed by atoms with Crippen molar-refractivity contribution in [2.45, 2.75) is 19.5 Å². The van der Waals surface area contributed by atoms with Crippen LogP contribution in [0.4, 0.5) is 0 Å². The first kappa shape index (κ1) is 7.39. The Bertz CT molecular complexity index is 53.6. The minimum absolute atomic E-state index is 0.715. The first-order valence-electron chi connectivity index (χ1n) is 2.73. The maximum absolute atomic E-state index is 5.82. The van der Waals surface area contributed by atoms with E-state index in [1.165, 1.54) is 0 Å². The molecule has 1 nitrogen and oxygen atoms in total. The molecule has 0 unspecified atom stereocenters. The molecule has 0 spiro atoms. The van der Waals surface area contributed by atoms with E-state index in [1.54, 1.807) is 0 Å². The van der Waals surface area contributed by atoms with E-state index in [0.717, 1.165) is 0 Å². The molecule has 0 aromatic rings. The third-order valence-electron chi connectivity index (χ3n) is 1.49. The summed E-state index contributed by atoms with van der Waals surface area (Å²) in [6.45, 7) is 8.73. The van der Waals surface area contributed by atoms with E-state index in [1.807, 2.05) is 0 Å². The average Bonchev–Trinajstić information content (AvgIpc) is 1.31. The van der Waals surface area contributed by atoms with E-state index in [9.17, 15) is 0 Å². The Morgan fingerprint density at radius 3 is 1.43 bits per heavy atom. The van der Waals surface area contributed by atoms with Crippen molar-refractivity contribution in [2.24, 2.45) is 5.50 Å². The van der Waals surface area contributed by atoms with Gasteiger partial charge in [-0.15, -0.1) is 0 Å². The molecule has 0 aliphatic heterocycles. The Morgan fingerprint density at radius 2 is 1.43 bits per heavy atom. The third kappa shape index (κ3) is 3.02. The van der Waals surface area contributed by atoms with Gasteiger partial charge in [-0.25, -0.2) is 0 Å². The Labute approximate surface area is 46.7 Å². The van der Waals surface area contributed by atoms with Gasteiger partial charge in [0.2, 0.25) is 0 Å². The molecule has 2 N–H and O–H groups in total. The summed E-state index contributed by atoms with van der Waals surface area (Å²) in [5, 5.41) is 0. The van der Waals surface area contributed by atoms with Gasteiger partial charge < -0.3 is 0 Å². The van der Waals surface area contributed by atoms with Crippen LogP contribution in [0.15, 0.2) is 0 Å². The standard InChI is InChI=1S/C5H16NP/c1-5(2)7(3,4)6/h5,7H,6H2,1-4H3. The van der Waals surface area contributed by atoms with Crippen LogP contribution >= 0.6 is 7.41 Å². The van der Waals surface area contributed by atoms with Gasteiger partial charge in [0.15, 0.2) is 0 Å². The second kappa shape index (κ2) is 2.11. The third-order valence-corrected chi connectivity index (χ3v) is 4.46.